The largest absolute Gasteiger partial charge is 0.449 e. The van der Waals surface area contributed by atoms with Crippen LogP contribution in [0.4, 0.5) is 0 Å². The maximum atomic E-state index is 6.21. The maximum absolute atomic E-state index is 6.21. The summed E-state index contributed by atoms with van der Waals surface area (Å²) in [4.78, 5) is 0. The van der Waals surface area contributed by atoms with E-state index in [1.807, 2.05) is 26.0 Å². The molecule has 1 fully saturated rings. The molecule has 1 saturated carbocycles. The van der Waals surface area contributed by atoms with Crippen LogP contribution >= 0.6 is 11.6 Å². The topological polar surface area (TPSA) is 44.5 Å². The molecule has 1 aliphatic heterocycles. The van der Waals surface area contributed by atoms with E-state index in [9.17, 15) is 0 Å². The van der Waals surface area contributed by atoms with Gasteiger partial charge in [-0.15, -0.1) is 0 Å². The van der Waals surface area contributed by atoms with Crippen molar-refractivity contribution in [1.29, 1.82) is 0 Å². The summed E-state index contributed by atoms with van der Waals surface area (Å²) < 4.78 is 11.3. The molecule has 0 spiro atoms. The molecule has 0 radical (unpaired) electrons. The molecule has 0 bridgehead atoms. The molecule has 1 heterocycles. The van der Waals surface area contributed by atoms with Gasteiger partial charge in [0.15, 0.2) is 11.5 Å². The fourth-order valence-electron chi connectivity index (χ4n) is 2.17. The van der Waals surface area contributed by atoms with Crippen molar-refractivity contribution in [3.8, 4) is 11.5 Å². The lowest BCUT2D eigenvalue weighted by atomic mass is 10.0. The number of benzene rings is 1. The highest BCUT2D eigenvalue weighted by atomic mass is 35.5. The van der Waals surface area contributed by atoms with Gasteiger partial charge in [0.25, 0.3) is 0 Å². The Balaban J connectivity index is 1.92. The summed E-state index contributed by atoms with van der Waals surface area (Å²) in [5, 5.41) is 0.604. The Bertz CT molecular complexity index is 481. The van der Waals surface area contributed by atoms with E-state index in [-0.39, 0.29) is 5.54 Å². The van der Waals surface area contributed by atoms with Crippen molar-refractivity contribution in [2.24, 2.45) is 5.73 Å². The predicted molar refractivity (Wildman–Crippen MR) is 66.6 cm³/mol. The van der Waals surface area contributed by atoms with Gasteiger partial charge in [0.1, 0.15) is 0 Å². The van der Waals surface area contributed by atoms with E-state index in [1.54, 1.807) is 0 Å². The number of halogens is 1. The second-order valence-electron chi connectivity index (χ2n) is 5.55. The SMILES string of the molecule is CC1(C)Oc2cc(CC3(N)CC3)cc(Cl)c2O1. The molecule has 3 nitrogen and oxygen atoms in total. The van der Waals surface area contributed by atoms with E-state index in [1.165, 1.54) is 0 Å². The molecule has 1 aromatic carbocycles. The highest BCUT2D eigenvalue weighted by Gasteiger charge is 2.39. The monoisotopic (exact) mass is 253 g/mol. The first-order valence-corrected chi connectivity index (χ1v) is 6.24. The molecule has 2 N–H and O–H groups in total. The van der Waals surface area contributed by atoms with E-state index in [4.69, 9.17) is 26.8 Å². The Labute approximate surface area is 106 Å². The van der Waals surface area contributed by atoms with Crippen LogP contribution in [0.15, 0.2) is 12.1 Å². The smallest absolute Gasteiger partial charge is 0.246 e. The number of fused-ring (bicyclic) bond motifs is 1. The molecule has 3 rings (SSSR count). The zero-order valence-electron chi connectivity index (χ0n) is 10.0. The molecule has 2 aliphatic rings. The third-order valence-corrected chi connectivity index (χ3v) is 3.50. The number of rotatable bonds is 2. The van der Waals surface area contributed by atoms with E-state index in [0.717, 1.165) is 30.6 Å². The molecule has 0 aromatic heterocycles. The number of nitrogens with two attached hydrogens (primary N) is 1. The van der Waals surface area contributed by atoms with Gasteiger partial charge < -0.3 is 15.2 Å². The number of hydrogen-bond donors (Lipinski definition) is 1. The van der Waals surface area contributed by atoms with Gasteiger partial charge in [-0.3, -0.25) is 0 Å². The van der Waals surface area contributed by atoms with Crippen molar-refractivity contribution >= 4 is 11.6 Å². The summed E-state index contributed by atoms with van der Waals surface area (Å²) in [7, 11) is 0. The molecule has 92 valence electrons. The van der Waals surface area contributed by atoms with Crippen molar-refractivity contribution in [3.63, 3.8) is 0 Å². The molecular formula is C13H16ClNO2. The molecule has 0 atom stereocenters. The second-order valence-corrected chi connectivity index (χ2v) is 5.96. The van der Waals surface area contributed by atoms with Crippen LogP contribution in [0.1, 0.15) is 32.3 Å². The fraction of sp³-hybridized carbons (Fsp3) is 0.538. The zero-order valence-corrected chi connectivity index (χ0v) is 10.8. The Morgan fingerprint density at radius 2 is 2.00 bits per heavy atom. The van der Waals surface area contributed by atoms with Crippen molar-refractivity contribution in [1.82, 2.24) is 0 Å². The van der Waals surface area contributed by atoms with Crippen molar-refractivity contribution in [3.05, 3.63) is 22.7 Å². The van der Waals surface area contributed by atoms with E-state index in [2.05, 4.69) is 0 Å². The van der Waals surface area contributed by atoms with E-state index >= 15 is 0 Å². The summed E-state index contributed by atoms with van der Waals surface area (Å²) in [6, 6.07) is 3.92. The lowest BCUT2D eigenvalue weighted by Gasteiger charge is -2.16. The van der Waals surface area contributed by atoms with Crippen molar-refractivity contribution in [2.45, 2.75) is 44.4 Å². The molecule has 1 aromatic rings. The van der Waals surface area contributed by atoms with Crippen LogP contribution in [0, 0.1) is 0 Å². The normalized spacial score (nSPS) is 22.6. The number of ether oxygens (including phenoxy) is 2. The van der Waals surface area contributed by atoms with Crippen LogP contribution in [-0.2, 0) is 6.42 Å². The highest BCUT2D eigenvalue weighted by molar-refractivity contribution is 6.32. The third kappa shape index (κ3) is 2.09. The zero-order chi connectivity index (χ0) is 12.3. The predicted octanol–water partition coefficient (Wildman–Crippen LogP) is 2.88. The summed E-state index contributed by atoms with van der Waals surface area (Å²) in [5.74, 6) is 0.731. The van der Waals surface area contributed by atoms with E-state index < -0.39 is 5.79 Å². The first kappa shape index (κ1) is 11.2. The lowest BCUT2D eigenvalue weighted by Crippen LogP contribution is -2.29. The summed E-state index contributed by atoms with van der Waals surface area (Å²) >= 11 is 6.21. The third-order valence-electron chi connectivity index (χ3n) is 3.22. The standard InChI is InChI=1S/C13H16ClNO2/c1-12(2)16-10-6-8(7-13(15)3-4-13)5-9(14)11(10)17-12/h5-6H,3-4,7,15H2,1-2H3. The van der Waals surface area contributed by atoms with Gasteiger partial charge in [0.2, 0.25) is 5.79 Å². The van der Waals surface area contributed by atoms with E-state index in [0.29, 0.717) is 10.8 Å². The maximum Gasteiger partial charge on any atom is 0.246 e. The van der Waals surface area contributed by atoms with Gasteiger partial charge >= 0.3 is 0 Å². The summed E-state index contributed by atoms with van der Waals surface area (Å²) in [6.07, 6.45) is 3.03. The first-order chi connectivity index (χ1) is 7.87. The van der Waals surface area contributed by atoms with Crippen LogP contribution in [-0.4, -0.2) is 11.3 Å². The summed E-state index contributed by atoms with van der Waals surface area (Å²) in [5.41, 5.74) is 7.21. The molecule has 17 heavy (non-hydrogen) atoms. The Hall–Kier alpha value is -0.930. The minimum absolute atomic E-state index is 0.0213. The van der Waals surface area contributed by atoms with Crippen LogP contribution in [0.25, 0.3) is 0 Å². The van der Waals surface area contributed by atoms with Gasteiger partial charge in [-0.25, -0.2) is 0 Å². The Morgan fingerprint density at radius 1 is 1.29 bits per heavy atom. The molecule has 1 aliphatic carbocycles. The fourth-order valence-corrected chi connectivity index (χ4v) is 2.45. The quantitative estimate of drug-likeness (QED) is 0.882. The first-order valence-electron chi connectivity index (χ1n) is 5.86. The van der Waals surface area contributed by atoms with Gasteiger partial charge in [0.05, 0.1) is 5.02 Å². The van der Waals surface area contributed by atoms with Gasteiger partial charge in [-0.2, -0.15) is 0 Å². The summed E-state index contributed by atoms with van der Waals surface area (Å²) in [6.45, 7) is 3.74. The molecule has 0 saturated heterocycles. The molecule has 0 amide bonds. The average molecular weight is 254 g/mol. The second kappa shape index (κ2) is 3.30. The van der Waals surface area contributed by atoms with Gasteiger partial charge in [0, 0.05) is 19.4 Å². The number of hydrogen-bond acceptors (Lipinski definition) is 3. The van der Waals surface area contributed by atoms with Gasteiger partial charge in [-0.05, 0) is 37.0 Å². The molecular weight excluding hydrogens is 238 g/mol. The Kier molecular flexibility index (Phi) is 2.17. The molecule has 4 heteroatoms. The van der Waals surface area contributed by atoms with Crippen LogP contribution in [0.5, 0.6) is 11.5 Å². The minimum atomic E-state index is -0.634. The highest BCUT2D eigenvalue weighted by Crippen LogP contribution is 2.46. The van der Waals surface area contributed by atoms with Gasteiger partial charge in [-0.1, -0.05) is 11.6 Å². The Morgan fingerprint density at radius 3 is 2.65 bits per heavy atom. The van der Waals surface area contributed by atoms with Crippen molar-refractivity contribution in [2.75, 3.05) is 0 Å². The minimum Gasteiger partial charge on any atom is -0.449 e. The average Bonchev–Trinajstić information content (AvgIpc) is 2.79. The van der Waals surface area contributed by atoms with Crippen molar-refractivity contribution < 1.29 is 9.47 Å². The van der Waals surface area contributed by atoms with Crippen LogP contribution in [0.2, 0.25) is 5.02 Å². The lowest BCUT2D eigenvalue weighted by molar-refractivity contribution is -0.0431. The van der Waals surface area contributed by atoms with Crippen LogP contribution < -0.4 is 15.2 Å². The van der Waals surface area contributed by atoms with Crippen LogP contribution in [0.3, 0.4) is 0 Å². The molecule has 0 unspecified atom stereocenters.